The molecule has 1 aliphatic heterocycles. The second-order valence-corrected chi connectivity index (χ2v) is 7.16. The zero-order valence-corrected chi connectivity index (χ0v) is 13.4. The Hall–Kier alpha value is -1.78. The summed E-state index contributed by atoms with van der Waals surface area (Å²) < 4.78 is 1.24. The Balaban J connectivity index is 1.66. The lowest BCUT2D eigenvalue weighted by Crippen LogP contribution is -2.31. The molecule has 3 aromatic rings. The smallest absolute Gasteiger partial charge is 0.126 e. The molecule has 2 aromatic heterocycles. The fraction of sp³-hybridized carbons (Fsp3) is 0.333. The van der Waals surface area contributed by atoms with Crippen molar-refractivity contribution in [3.8, 4) is 10.6 Å². The summed E-state index contributed by atoms with van der Waals surface area (Å²) >= 11 is 1.73. The monoisotopic (exact) mass is 309 g/mol. The predicted molar refractivity (Wildman–Crippen MR) is 92.0 cm³/mol. The molecule has 1 fully saturated rings. The highest BCUT2D eigenvalue weighted by Gasteiger charge is 2.19. The van der Waals surface area contributed by atoms with E-state index in [4.69, 9.17) is 4.98 Å². The SMILES string of the molecule is C[C@H]1CC[C@H](c2ccc3sc(-c4cccnc4)nc3c2)NC1. The van der Waals surface area contributed by atoms with Crippen molar-refractivity contribution in [2.75, 3.05) is 6.54 Å². The molecule has 1 aliphatic rings. The van der Waals surface area contributed by atoms with Crippen molar-refractivity contribution in [2.45, 2.75) is 25.8 Å². The second kappa shape index (κ2) is 5.78. The molecule has 4 heteroatoms. The molecule has 3 nitrogen and oxygen atoms in total. The van der Waals surface area contributed by atoms with Crippen LogP contribution in [0.1, 0.15) is 31.4 Å². The Kier molecular flexibility index (Phi) is 3.64. The summed E-state index contributed by atoms with van der Waals surface area (Å²) in [7, 11) is 0. The van der Waals surface area contributed by atoms with E-state index in [9.17, 15) is 0 Å². The minimum atomic E-state index is 0.476. The molecule has 1 N–H and O–H groups in total. The zero-order chi connectivity index (χ0) is 14.9. The van der Waals surface area contributed by atoms with Gasteiger partial charge in [-0.1, -0.05) is 13.0 Å². The molecule has 0 unspecified atom stereocenters. The maximum absolute atomic E-state index is 4.80. The third-order valence-corrected chi connectivity index (χ3v) is 5.47. The van der Waals surface area contributed by atoms with E-state index in [2.05, 4.69) is 41.5 Å². The van der Waals surface area contributed by atoms with E-state index in [1.807, 2.05) is 12.3 Å². The van der Waals surface area contributed by atoms with Gasteiger partial charge >= 0.3 is 0 Å². The van der Waals surface area contributed by atoms with Gasteiger partial charge in [-0.05, 0) is 55.1 Å². The Bertz CT molecular complexity index is 773. The molecule has 1 saturated heterocycles. The molecule has 0 saturated carbocycles. The number of piperidine rings is 1. The fourth-order valence-electron chi connectivity index (χ4n) is 3.06. The minimum Gasteiger partial charge on any atom is -0.310 e. The van der Waals surface area contributed by atoms with Gasteiger partial charge in [-0.2, -0.15) is 0 Å². The van der Waals surface area contributed by atoms with Gasteiger partial charge in [-0.25, -0.2) is 4.98 Å². The number of fused-ring (bicyclic) bond motifs is 1. The van der Waals surface area contributed by atoms with E-state index in [1.54, 1.807) is 17.5 Å². The molecule has 22 heavy (non-hydrogen) atoms. The summed E-state index contributed by atoms with van der Waals surface area (Å²) in [5.74, 6) is 0.788. The number of hydrogen-bond acceptors (Lipinski definition) is 4. The molecule has 2 atom stereocenters. The van der Waals surface area contributed by atoms with E-state index in [0.29, 0.717) is 6.04 Å². The standard InChI is InChI=1S/C18H19N3S/c1-12-4-6-15(20-10-12)13-5-7-17-16(9-13)21-18(22-17)14-3-2-8-19-11-14/h2-3,5,7-9,11-12,15,20H,4,6,10H2,1H3/t12-,15+/m0/s1. The lowest BCUT2D eigenvalue weighted by atomic mass is 9.92. The van der Waals surface area contributed by atoms with E-state index in [1.165, 1.54) is 23.1 Å². The van der Waals surface area contributed by atoms with Crippen LogP contribution in [0.15, 0.2) is 42.7 Å². The average molecular weight is 309 g/mol. The van der Waals surface area contributed by atoms with Crippen LogP contribution in [0.4, 0.5) is 0 Å². The summed E-state index contributed by atoms with van der Waals surface area (Å²) in [6.07, 6.45) is 6.19. The van der Waals surface area contributed by atoms with Crippen molar-refractivity contribution in [1.29, 1.82) is 0 Å². The Morgan fingerprint density at radius 3 is 2.95 bits per heavy atom. The number of thiazole rings is 1. The Morgan fingerprint density at radius 1 is 1.23 bits per heavy atom. The first kappa shape index (κ1) is 13.9. The molecule has 4 rings (SSSR count). The molecule has 0 bridgehead atoms. The molecule has 0 spiro atoms. The number of pyridine rings is 1. The van der Waals surface area contributed by atoms with Crippen LogP contribution in [-0.4, -0.2) is 16.5 Å². The number of nitrogens with one attached hydrogen (secondary N) is 1. The first-order valence-corrected chi connectivity index (χ1v) is 8.65. The summed E-state index contributed by atoms with van der Waals surface area (Å²) in [5.41, 5.74) is 3.55. The largest absolute Gasteiger partial charge is 0.310 e. The first-order chi connectivity index (χ1) is 10.8. The van der Waals surface area contributed by atoms with Gasteiger partial charge in [0.2, 0.25) is 0 Å². The highest BCUT2D eigenvalue weighted by Crippen LogP contribution is 2.33. The third-order valence-electron chi connectivity index (χ3n) is 4.38. The third kappa shape index (κ3) is 2.64. The van der Waals surface area contributed by atoms with Crippen LogP contribution < -0.4 is 5.32 Å². The molecule has 112 valence electrons. The highest BCUT2D eigenvalue weighted by molar-refractivity contribution is 7.21. The second-order valence-electron chi connectivity index (χ2n) is 6.13. The van der Waals surface area contributed by atoms with Crippen LogP contribution in [-0.2, 0) is 0 Å². The van der Waals surface area contributed by atoms with Crippen molar-refractivity contribution in [2.24, 2.45) is 5.92 Å². The van der Waals surface area contributed by atoms with Crippen LogP contribution in [0.5, 0.6) is 0 Å². The summed E-state index contributed by atoms with van der Waals surface area (Å²) in [6.45, 7) is 3.42. The van der Waals surface area contributed by atoms with Gasteiger partial charge in [-0.15, -0.1) is 11.3 Å². The van der Waals surface area contributed by atoms with E-state index in [0.717, 1.165) is 28.6 Å². The van der Waals surface area contributed by atoms with E-state index >= 15 is 0 Å². The van der Waals surface area contributed by atoms with E-state index in [-0.39, 0.29) is 0 Å². The summed E-state index contributed by atoms with van der Waals surface area (Å²) in [5, 5.41) is 4.70. The average Bonchev–Trinajstić information content (AvgIpc) is 2.99. The lowest BCUT2D eigenvalue weighted by Gasteiger charge is -2.28. The van der Waals surface area contributed by atoms with E-state index < -0.39 is 0 Å². The number of nitrogens with zero attached hydrogens (tertiary/aromatic N) is 2. The summed E-state index contributed by atoms with van der Waals surface area (Å²) in [4.78, 5) is 8.99. The maximum atomic E-state index is 4.80. The van der Waals surface area contributed by atoms with Crippen LogP contribution in [0.2, 0.25) is 0 Å². The number of benzene rings is 1. The van der Waals surface area contributed by atoms with Gasteiger partial charge in [-0.3, -0.25) is 4.98 Å². The lowest BCUT2D eigenvalue weighted by molar-refractivity contribution is 0.333. The topological polar surface area (TPSA) is 37.8 Å². The molecular weight excluding hydrogens is 290 g/mol. The Morgan fingerprint density at radius 2 is 2.18 bits per heavy atom. The van der Waals surface area contributed by atoms with Crippen LogP contribution in [0.3, 0.4) is 0 Å². The number of hydrogen-bond donors (Lipinski definition) is 1. The molecule has 3 heterocycles. The van der Waals surface area contributed by atoms with Crippen LogP contribution in [0, 0.1) is 5.92 Å². The van der Waals surface area contributed by atoms with Crippen molar-refractivity contribution < 1.29 is 0 Å². The maximum Gasteiger partial charge on any atom is 0.126 e. The molecule has 0 radical (unpaired) electrons. The van der Waals surface area contributed by atoms with Crippen LogP contribution in [0.25, 0.3) is 20.8 Å². The van der Waals surface area contributed by atoms with Crippen LogP contribution >= 0.6 is 11.3 Å². The van der Waals surface area contributed by atoms with Crippen molar-refractivity contribution >= 4 is 21.6 Å². The molecule has 0 amide bonds. The minimum absolute atomic E-state index is 0.476. The molecular formula is C18H19N3S. The number of rotatable bonds is 2. The van der Waals surface area contributed by atoms with Gasteiger partial charge in [0.05, 0.1) is 10.2 Å². The summed E-state index contributed by atoms with van der Waals surface area (Å²) in [6, 6.07) is 11.2. The van der Waals surface area contributed by atoms with Gasteiger partial charge in [0.15, 0.2) is 0 Å². The molecule has 0 aliphatic carbocycles. The number of aromatic nitrogens is 2. The van der Waals surface area contributed by atoms with Crippen molar-refractivity contribution in [3.05, 3.63) is 48.3 Å². The van der Waals surface area contributed by atoms with Crippen molar-refractivity contribution in [3.63, 3.8) is 0 Å². The highest BCUT2D eigenvalue weighted by atomic mass is 32.1. The van der Waals surface area contributed by atoms with Gasteiger partial charge < -0.3 is 5.32 Å². The molecule has 1 aromatic carbocycles. The fourth-order valence-corrected chi connectivity index (χ4v) is 3.99. The zero-order valence-electron chi connectivity index (χ0n) is 12.6. The van der Waals surface area contributed by atoms with Crippen molar-refractivity contribution in [1.82, 2.24) is 15.3 Å². The predicted octanol–water partition coefficient (Wildman–Crippen LogP) is 4.42. The van der Waals surface area contributed by atoms with Gasteiger partial charge in [0.25, 0.3) is 0 Å². The Labute approximate surface area is 134 Å². The van der Waals surface area contributed by atoms with Gasteiger partial charge in [0.1, 0.15) is 5.01 Å². The first-order valence-electron chi connectivity index (χ1n) is 7.84. The normalized spacial score (nSPS) is 22.0. The quantitative estimate of drug-likeness (QED) is 0.761. The van der Waals surface area contributed by atoms with Gasteiger partial charge in [0, 0.05) is 24.0 Å².